The van der Waals surface area contributed by atoms with Crippen LogP contribution in [0.15, 0.2) is 29.6 Å². The normalized spacial score (nSPS) is 17.9. The Morgan fingerprint density at radius 2 is 1.75 bits per heavy atom. The molecule has 312 valence electrons. The van der Waals surface area contributed by atoms with Gasteiger partial charge >= 0.3 is 11.9 Å². The molecule has 1 aromatic carbocycles. The molecule has 0 spiro atoms. The van der Waals surface area contributed by atoms with Crippen LogP contribution >= 0.6 is 11.3 Å². The lowest BCUT2D eigenvalue weighted by atomic mass is 9.93. The Balaban J connectivity index is 1.91. The van der Waals surface area contributed by atoms with Crippen LogP contribution in [0.5, 0.6) is 5.75 Å². The summed E-state index contributed by atoms with van der Waals surface area (Å²) in [4.78, 5) is 78.6. The fraction of sp³-hybridized carbons (Fsp3) is 0.650. The van der Waals surface area contributed by atoms with Gasteiger partial charge in [-0.15, -0.1) is 11.3 Å². The summed E-state index contributed by atoms with van der Waals surface area (Å²) in [6, 6.07) is 3.89. The third kappa shape index (κ3) is 13.8. The molecular weight excluding hydrogens is 743 g/mol. The number of nitrogens with zero attached hydrogens (tertiary/aromatic N) is 3. The zero-order chi connectivity index (χ0) is 41.5. The molecule has 1 aromatic heterocycles. The number of esters is 1. The van der Waals surface area contributed by atoms with Crippen molar-refractivity contribution in [3.05, 3.63) is 45.9 Å². The summed E-state index contributed by atoms with van der Waals surface area (Å²) >= 11 is 1.10. The molecule has 0 bridgehead atoms. The fourth-order valence-electron chi connectivity index (χ4n) is 6.72. The number of likely N-dealkylation sites (tertiary alicyclic amines) is 1. The van der Waals surface area contributed by atoms with Crippen molar-refractivity contribution in [3.63, 3.8) is 0 Å². The average Bonchev–Trinajstić information content (AvgIpc) is 3.65. The molecule has 3 amide bonds. The number of aromatic nitrogens is 1. The van der Waals surface area contributed by atoms with Gasteiger partial charge in [0.1, 0.15) is 22.5 Å². The summed E-state index contributed by atoms with van der Waals surface area (Å²) < 4.78 is 5.78. The third-order valence-corrected chi connectivity index (χ3v) is 11.2. The number of aliphatic carboxylic acids is 1. The van der Waals surface area contributed by atoms with E-state index < -0.39 is 53.9 Å². The van der Waals surface area contributed by atoms with Crippen LogP contribution in [-0.2, 0) is 35.2 Å². The highest BCUT2D eigenvalue weighted by molar-refractivity contribution is 7.09. The lowest BCUT2D eigenvalue weighted by Crippen LogP contribution is -2.58. The quantitative estimate of drug-likeness (QED) is 0.0635. The van der Waals surface area contributed by atoms with E-state index in [2.05, 4.69) is 15.6 Å². The van der Waals surface area contributed by atoms with Gasteiger partial charge in [0.2, 0.25) is 5.91 Å². The lowest BCUT2D eigenvalue weighted by Gasteiger charge is -2.39. The summed E-state index contributed by atoms with van der Waals surface area (Å²) in [6.45, 7) is 11.1. The number of ether oxygens (including phenoxy) is 1. The van der Waals surface area contributed by atoms with Crippen LogP contribution in [0.25, 0.3) is 0 Å². The highest BCUT2D eigenvalue weighted by Gasteiger charge is 2.40. The van der Waals surface area contributed by atoms with Gasteiger partial charge in [0, 0.05) is 31.4 Å². The standard InChI is InChI=1S/C40H61N5O10S/c1-8-25(4)35(43-37(50)32-12-9-10-17-44(32)7)39(51)45(54-19-11-18-46)33(24(2)3)22-34(55-27(6)47)38-42-31(23-56-38)36(49)41-29(20-26(5)40(52)53)21-28-13-15-30(48)16-14-28/h13-16,23-26,29,32-35,46,48H,8-12,17-22H2,1-7H3,(H,41,49)(H,43,50)(H,52,53)/t25-,26-,29+,32+,33+,34+,35-/m0/s1. The number of amides is 3. The Labute approximate surface area is 334 Å². The molecular formula is C40H61N5O10S. The number of aliphatic hydroxyl groups is 1. The molecule has 1 fully saturated rings. The smallest absolute Gasteiger partial charge is 0.306 e. The van der Waals surface area contributed by atoms with Crippen molar-refractivity contribution in [1.29, 1.82) is 0 Å². The second-order valence-electron chi connectivity index (χ2n) is 15.2. The number of nitrogens with one attached hydrogen (secondary N) is 2. The molecule has 5 N–H and O–H groups in total. The Bertz CT molecular complexity index is 1590. The number of phenols is 1. The fourth-order valence-corrected chi connectivity index (χ4v) is 7.56. The van der Waals surface area contributed by atoms with E-state index in [1.807, 2.05) is 39.6 Å². The van der Waals surface area contributed by atoms with E-state index in [9.17, 15) is 39.3 Å². The van der Waals surface area contributed by atoms with Crippen LogP contribution in [0, 0.1) is 17.8 Å². The van der Waals surface area contributed by atoms with Crippen LogP contribution in [0.4, 0.5) is 0 Å². The molecule has 16 heteroatoms. The van der Waals surface area contributed by atoms with Crippen molar-refractivity contribution in [2.24, 2.45) is 17.8 Å². The molecule has 1 saturated heterocycles. The average molecular weight is 804 g/mol. The number of hydrogen-bond acceptors (Lipinski definition) is 12. The van der Waals surface area contributed by atoms with Gasteiger partial charge in [-0.1, -0.05) is 59.6 Å². The molecule has 2 aromatic rings. The van der Waals surface area contributed by atoms with Gasteiger partial charge in [0.15, 0.2) is 6.10 Å². The SMILES string of the molecule is CC[C@H](C)[C@H](NC(=O)[C@H]1CCCCN1C)C(=O)N(OCCCO)[C@H](C[C@@H](OC(C)=O)c1nc(C(=O)N[C@@H](Cc2ccc(O)cc2)C[C@H](C)C(=O)O)cs1)C(C)C. The number of piperidine rings is 1. The van der Waals surface area contributed by atoms with Crippen molar-refractivity contribution in [1.82, 2.24) is 25.6 Å². The van der Waals surface area contributed by atoms with Crippen LogP contribution in [0.3, 0.4) is 0 Å². The molecule has 56 heavy (non-hydrogen) atoms. The molecule has 15 nitrogen and oxygen atoms in total. The highest BCUT2D eigenvalue weighted by atomic mass is 32.1. The number of phenolic OH excluding ortho intramolecular Hbond substituents is 1. The number of rotatable bonds is 22. The minimum absolute atomic E-state index is 0.0175. The van der Waals surface area contributed by atoms with E-state index in [1.54, 1.807) is 19.1 Å². The summed E-state index contributed by atoms with van der Waals surface area (Å²) in [5, 5.41) is 37.9. The van der Waals surface area contributed by atoms with Gasteiger partial charge in [0.05, 0.1) is 24.6 Å². The highest BCUT2D eigenvalue weighted by Crippen LogP contribution is 2.32. The number of carboxylic acids is 1. The van der Waals surface area contributed by atoms with Gasteiger partial charge in [-0.3, -0.25) is 33.7 Å². The number of benzene rings is 1. The minimum Gasteiger partial charge on any atom is -0.508 e. The molecule has 3 rings (SSSR count). The van der Waals surface area contributed by atoms with E-state index in [0.717, 1.165) is 36.3 Å². The third-order valence-electron chi connectivity index (χ3n) is 10.3. The van der Waals surface area contributed by atoms with Crippen molar-refractivity contribution in [2.45, 2.75) is 123 Å². The molecule has 0 aliphatic carbocycles. The molecule has 0 saturated carbocycles. The number of hydrogen-bond donors (Lipinski definition) is 5. The number of carbonyl (C=O) groups is 5. The zero-order valence-corrected chi connectivity index (χ0v) is 34.5. The maximum absolute atomic E-state index is 14.6. The number of thiazole rings is 1. The topological polar surface area (TPSA) is 208 Å². The second-order valence-corrected chi connectivity index (χ2v) is 16.1. The Hall–Kier alpha value is -4.12. The number of hydroxylamine groups is 2. The number of aliphatic hydroxyl groups excluding tert-OH is 1. The number of carbonyl (C=O) groups excluding carboxylic acids is 4. The number of aromatic hydroxyl groups is 1. The molecule has 1 aliphatic heterocycles. The zero-order valence-electron chi connectivity index (χ0n) is 33.7. The largest absolute Gasteiger partial charge is 0.508 e. The number of likely N-dealkylation sites (N-methyl/N-ethyl adjacent to an activating group) is 1. The van der Waals surface area contributed by atoms with Gasteiger partial charge in [0.25, 0.3) is 11.8 Å². The first kappa shape index (κ1) is 46.3. The van der Waals surface area contributed by atoms with Crippen molar-refractivity contribution >= 4 is 41.0 Å². The van der Waals surface area contributed by atoms with Crippen molar-refractivity contribution in [2.75, 3.05) is 26.8 Å². The van der Waals surface area contributed by atoms with E-state index in [0.29, 0.717) is 24.3 Å². The minimum atomic E-state index is -1.00. The van der Waals surface area contributed by atoms with Gasteiger partial charge in [-0.2, -0.15) is 0 Å². The molecule has 2 heterocycles. The summed E-state index contributed by atoms with van der Waals surface area (Å²) in [5.41, 5.74) is 0.831. The predicted octanol–water partition coefficient (Wildman–Crippen LogP) is 4.48. The van der Waals surface area contributed by atoms with Gasteiger partial charge < -0.3 is 30.7 Å². The maximum Gasteiger partial charge on any atom is 0.306 e. The summed E-state index contributed by atoms with van der Waals surface area (Å²) in [7, 11) is 1.90. The van der Waals surface area contributed by atoms with Crippen LogP contribution in [0.2, 0.25) is 0 Å². The maximum atomic E-state index is 14.6. The number of carboxylic acid groups (broad SMARTS) is 1. The van der Waals surface area contributed by atoms with E-state index in [-0.39, 0.29) is 67.7 Å². The van der Waals surface area contributed by atoms with E-state index in [1.165, 1.54) is 29.5 Å². The van der Waals surface area contributed by atoms with Gasteiger partial charge in [-0.25, -0.2) is 10.0 Å². The van der Waals surface area contributed by atoms with Crippen LogP contribution in [0.1, 0.15) is 114 Å². The predicted molar refractivity (Wildman–Crippen MR) is 211 cm³/mol. The molecule has 1 aliphatic rings. The Kier molecular flexibility index (Phi) is 18.7. The van der Waals surface area contributed by atoms with Crippen LogP contribution in [-0.4, -0.2) is 111 Å². The van der Waals surface area contributed by atoms with Crippen molar-refractivity contribution < 1.29 is 48.9 Å². The first-order chi connectivity index (χ1) is 26.6. The van der Waals surface area contributed by atoms with Gasteiger partial charge in [-0.05, 0) is 75.2 Å². The second kappa shape index (κ2) is 22.6. The van der Waals surface area contributed by atoms with Crippen LogP contribution < -0.4 is 10.6 Å². The first-order valence-electron chi connectivity index (χ1n) is 19.6. The molecule has 0 unspecified atom stereocenters. The summed E-state index contributed by atoms with van der Waals surface area (Å²) in [5.74, 6) is -4.00. The molecule has 0 radical (unpaired) electrons. The summed E-state index contributed by atoms with van der Waals surface area (Å²) in [6.07, 6.45) is 2.95. The monoisotopic (exact) mass is 803 g/mol. The lowest BCUT2D eigenvalue weighted by molar-refractivity contribution is -0.214. The first-order valence-corrected chi connectivity index (χ1v) is 20.5. The van der Waals surface area contributed by atoms with Crippen molar-refractivity contribution in [3.8, 4) is 5.75 Å². The Morgan fingerprint density at radius 1 is 1.05 bits per heavy atom. The molecule has 7 atom stereocenters. The van der Waals surface area contributed by atoms with E-state index >= 15 is 0 Å². The van der Waals surface area contributed by atoms with E-state index in [4.69, 9.17) is 9.57 Å². The Morgan fingerprint density at radius 3 is 2.34 bits per heavy atom.